The van der Waals surface area contributed by atoms with Crippen molar-refractivity contribution in [2.45, 2.75) is 58.2 Å². The van der Waals surface area contributed by atoms with Crippen LogP contribution in [0.15, 0.2) is 24.4 Å². The quantitative estimate of drug-likeness (QED) is 0.902. The van der Waals surface area contributed by atoms with E-state index in [0.717, 1.165) is 42.4 Å². The number of hydrogen-bond donors (Lipinski definition) is 2. The Morgan fingerprint density at radius 2 is 2.12 bits per heavy atom. The Balaban J connectivity index is 1.77. The molecule has 1 aromatic heterocycles. The Morgan fingerprint density at radius 3 is 2.83 bits per heavy atom. The predicted octanol–water partition coefficient (Wildman–Crippen LogP) is 2.30. The molecule has 0 aliphatic heterocycles. The molecule has 1 fully saturated rings. The van der Waals surface area contributed by atoms with Crippen LogP contribution in [0.4, 0.5) is 0 Å². The molecule has 0 radical (unpaired) electrons. The van der Waals surface area contributed by atoms with Crippen molar-refractivity contribution in [1.29, 1.82) is 0 Å². The highest BCUT2D eigenvalue weighted by molar-refractivity contribution is 5.95. The highest BCUT2D eigenvalue weighted by Gasteiger charge is 2.29. The lowest BCUT2D eigenvalue weighted by atomic mass is 9.90. The molecule has 0 unspecified atom stereocenters. The Kier molecular flexibility index (Phi) is 4.94. The molecule has 0 spiro atoms. The van der Waals surface area contributed by atoms with E-state index in [0.29, 0.717) is 5.69 Å². The molecule has 0 bridgehead atoms. The number of benzene rings is 1. The van der Waals surface area contributed by atoms with Crippen LogP contribution in [-0.2, 0) is 6.61 Å². The number of hydrogen-bond acceptors (Lipinski definition) is 4. The van der Waals surface area contributed by atoms with Gasteiger partial charge in [0.05, 0.1) is 24.9 Å². The van der Waals surface area contributed by atoms with Crippen molar-refractivity contribution in [2.75, 3.05) is 0 Å². The first-order valence-corrected chi connectivity index (χ1v) is 8.48. The molecule has 0 saturated heterocycles. The van der Waals surface area contributed by atoms with Crippen molar-refractivity contribution in [3.05, 3.63) is 46.8 Å². The molecule has 1 heterocycles. The summed E-state index contributed by atoms with van der Waals surface area (Å²) in [7, 11) is 0. The maximum atomic E-state index is 12.7. The first-order valence-electron chi connectivity index (χ1n) is 8.48. The minimum atomic E-state index is -0.119. The lowest BCUT2D eigenvalue weighted by Crippen LogP contribution is -2.43. The van der Waals surface area contributed by atoms with Gasteiger partial charge in [-0.15, -0.1) is 5.10 Å². The zero-order valence-corrected chi connectivity index (χ0v) is 14.2. The molecule has 1 aliphatic rings. The number of nitrogens with zero attached hydrogens (tertiary/aromatic N) is 3. The standard InChI is InChI=1S/C18H24N4O2/c1-12-7-8-15(13(2)9-12)18(24)19-16-5-3-4-6-17(16)22-10-14(11-23)20-21-22/h7-10,16-17,23H,3-6,11H2,1-2H3,(H,19,24)/t16-,17+/m0/s1. The van der Waals surface area contributed by atoms with E-state index in [1.807, 2.05) is 32.0 Å². The van der Waals surface area contributed by atoms with E-state index in [1.165, 1.54) is 0 Å². The summed E-state index contributed by atoms with van der Waals surface area (Å²) in [6, 6.07) is 5.99. The Hall–Kier alpha value is -2.21. The number of rotatable bonds is 4. The summed E-state index contributed by atoms with van der Waals surface area (Å²) in [6.45, 7) is 3.87. The van der Waals surface area contributed by atoms with Crippen LogP contribution in [0.3, 0.4) is 0 Å². The van der Waals surface area contributed by atoms with E-state index in [2.05, 4.69) is 15.6 Å². The largest absolute Gasteiger partial charge is 0.390 e. The summed E-state index contributed by atoms with van der Waals surface area (Å²) in [5, 5.41) is 20.4. The van der Waals surface area contributed by atoms with Gasteiger partial charge in [0.15, 0.2) is 0 Å². The summed E-state index contributed by atoms with van der Waals surface area (Å²) in [6.07, 6.45) is 5.85. The smallest absolute Gasteiger partial charge is 0.251 e. The van der Waals surface area contributed by atoms with Gasteiger partial charge in [-0.3, -0.25) is 4.79 Å². The SMILES string of the molecule is Cc1ccc(C(=O)N[C@H]2CCCC[C@H]2n2cc(CO)nn2)c(C)c1. The van der Waals surface area contributed by atoms with Crippen molar-refractivity contribution < 1.29 is 9.90 Å². The molecule has 6 nitrogen and oxygen atoms in total. The Labute approximate surface area is 141 Å². The third-order valence-corrected chi connectivity index (χ3v) is 4.73. The number of nitrogens with one attached hydrogen (secondary N) is 1. The van der Waals surface area contributed by atoms with Gasteiger partial charge in [0.25, 0.3) is 5.91 Å². The molecule has 3 rings (SSSR count). The number of carbonyl (C=O) groups excluding carboxylic acids is 1. The summed E-state index contributed by atoms with van der Waals surface area (Å²) in [4.78, 5) is 12.7. The minimum Gasteiger partial charge on any atom is -0.390 e. The molecule has 1 saturated carbocycles. The van der Waals surface area contributed by atoms with Gasteiger partial charge < -0.3 is 10.4 Å². The van der Waals surface area contributed by atoms with E-state index in [1.54, 1.807) is 10.9 Å². The van der Waals surface area contributed by atoms with Crippen LogP contribution in [0.1, 0.15) is 58.9 Å². The lowest BCUT2D eigenvalue weighted by Gasteiger charge is -2.32. The molecule has 1 aromatic carbocycles. The van der Waals surface area contributed by atoms with Crippen molar-refractivity contribution >= 4 is 5.91 Å². The zero-order chi connectivity index (χ0) is 17.1. The van der Waals surface area contributed by atoms with Gasteiger partial charge in [0.1, 0.15) is 5.69 Å². The number of amides is 1. The van der Waals surface area contributed by atoms with E-state index in [-0.39, 0.29) is 24.6 Å². The molecule has 2 atom stereocenters. The molecular formula is C18H24N4O2. The van der Waals surface area contributed by atoms with Crippen molar-refractivity contribution in [1.82, 2.24) is 20.3 Å². The second-order valence-electron chi connectivity index (χ2n) is 6.60. The fourth-order valence-corrected chi connectivity index (χ4v) is 3.46. The maximum absolute atomic E-state index is 12.7. The molecule has 1 amide bonds. The van der Waals surface area contributed by atoms with Gasteiger partial charge in [0.2, 0.25) is 0 Å². The predicted molar refractivity (Wildman–Crippen MR) is 90.6 cm³/mol. The number of aromatic nitrogens is 3. The van der Waals surface area contributed by atoms with Gasteiger partial charge in [-0.2, -0.15) is 0 Å². The molecule has 1 aliphatic carbocycles. The third kappa shape index (κ3) is 3.48. The van der Waals surface area contributed by atoms with Crippen molar-refractivity contribution in [3.63, 3.8) is 0 Å². The van der Waals surface area contributed by atoms with E-state index >= 15 is 0 Å². The van der Waals surface area contributed by atoms with Crippen LogP contribution in [0.25, 0.3) is 0 Å². The normalized spacial score (nSPS) is 20.8. The fraction of sp³-hybridized carbons (Fsp3) is 0.500. The number of carbonyl (C=O) groups is 1. The molecule has 2 aromatic rings. The number of aliphatic hydroxyl groups is 1. The average Bonchev–Trinajstić information content (AvgIpc) is 3.04. The Bertz CT molecular complexity index is 726. The van der Waals surface area contributed by atoms with Crippen LogP contribution >= 0.6 is 0 Å². The van der Waals surface area contributed by atoms with Crippen LogP contribution in [0.5, 0.6) is 0 Å². The van der Waals surface area contributed by atoms with Crippen LogP contribution in [0, 0.1) is 13.8 Å². The van der Waals surface area contributed by atoms with E-state index in [9.17, 15) is 9.90 Å². The summed E-state index contributed by atoms with van der Waals surface area (Å²) in [5.74, 6) is -0.0353. The molecular weight excluding hydrogens is 304 g/mol. The number of aryl methyl sites for hydroxylation is 2. The van der Waals surface area contributed by atoms with Gasteiger partial charge in [-0.1, -0.05) is 35.8 Å². The first kappa shape index (κ1) is 16.6. The molecule has 2 N–H and O–H groups in total. The second-order valence-corrected chi connectivity index (χ2v) is 6.60. The van der Waals surface area contributed by atoms with Crippen molar-refractivity contribution in [3.8, 4) is 0 Å². The molecule has 6 heteroatoms. The van der Waals surface area contributed by atoms with Crippen LogP contribution < -0.4 is 5.32 Å². The van der Waals surface area contributed by atoms with Crippen LogP contribution in [-0.4, -0.2) is 32.0 Å². The zero-order valence-electron chi connectivity index (χ0n) is 14.2. The minimum absolute atomic E-state index is 0.0280. The van der Waals surface area contributed by atoms with Gasteiger partial charge in [-0.25, -0.2) is 4.68 Å². The first-order chi connectivity index (χ1) is 11.6. The van der Waals surface area contributed by atoms with Gasteiger partial charge in [-0.05, 0) is 38.3 Å². The van der Waals surface area contributed by atoms with E-state index in [4.69, 9.17) is 0 Å². The summed E-state index contributed by atoms with van der Waals surface area (Å²) >= 11 is 0. The number of aliphatic hydroxyl groups excluding tert-OH is 1. The fourth-order valence-electron chi connectivity index (χ4n) is 3.46. The van der Waals surface area contributed by atoms with Gasteiger partial charge in [0, 0.05) is 5.56 Å². The maximum Gasteiger partial charge on any atom is 0.251 e. The average molecular weight is 328 g/mol. The molecule has 24 heavy (non-hydrogen) atoms. The lowest BCUT2D eigenvalue weighted by molar-refractivity contribution is 0.0904. The molecule has 128 valence electrons. The second kappa shape index (κ2) is 7.13. The summed E-state index contributed by atoms with van der Waals surface area (Å²) < 4.78 is 1.79. The topological polar surface area (TPSA) is 80.0 Å². The third-order valence-electron chi connectivity index (χ3n) is 4.73. The van der Waals surface area contributed by atoms with Crippen molar-refractivity contribution in [2.24, 2.45) is 0 Å². The van der Waals surface area contributed by atoms with E-state index < -0.39 is 0 Å². The monoisotopic (exact) mass is 328 g/mol. The summed E-state index contributed by atoms with van der Waals surface area (Å²) in [5.41, 5.74) is 3.42. The Morgan fingerprint density at radius 1 is 1.33 bits per heavy atom. The van der Waals surface area contributed by atoms with Crippen LogP contribution in [0.2, 0.25) is 0 Å². The highest BCUT2D eigenvalue weighted by atomic mass is 16.3. The highest BCUT2D eigenvalue weighted by Crippen LogP contribution is 2.28. The van der Waals surface area contributed by atoms with Gasteiger partial charge >= 0.3 is 0 Å².